The van der Waals surface area contributed by atoms with E-state index in [-0.39, 0.29) is 0 Å². The predicted molar refractivity (Wildman–Crippen MR) is 73.7 cm³/mol. The summed E-state index contributed by atoms with van der Waals surface area (Å²) in [5.41, 5.74) is 3.17. The van der Waals surface area contributed by atoms with Crippen molar-refractivity contribution in [2.45, 2.75) is 50.9 Å². The van der Waals surface area contributed by atoms with Crippen LogP contribution in [0.4, 0.5) is 5.69 Å². The number of hydrogen-bond acceptors (Lipinski definition) is 1. The maximum absolute atomic E-state index is 2.60. The molecule has 0 amide bonds. The molecule has 0 bridgehead atoms. The second kappa shape index (κ2) is 5.12. The Morgan fingerprint density at radius 2 is 1.53 bits per heavy atom. The molecule has 1 aliphatic carbocycles. The van der Waals surface area contributed by atoms with E-state index in [1.807, 2.05) is 0 Å². The molecule has 1 aromatic carbocycles. The zero-order chi connectivity index (χ0) is 11.5. The second-order valence-corrected chi connectivity index (χ2v) is 5.59. The van der Waals surface area contributed by atoms with Crippen LogP contribution >= 0.6 is 0 Å². The molecule has 1 saturated carbocycles. The van der Waals surface area contributed by atoms with Crippen LogP contribution in [-0.4, -0.2) is 13.1 Å². The van der Waals surface area contributed by atoms with Gasteiger partial charge in [-0.05, 0) is 43.2 Å². The Kier molecular flexibility index (Phi) is 3.35. The zero-order valence-electron chi connectivity index (χ0n) is 10.7. The van der Waals surface area contributed by atoms with Crippen LogP contribution in [0.3, 0.4) is 0 Å². The maximum atomic E-state index is 2.60. The third-order valence-electron chi connectivity index (χ3n) is 4.43. The summed E-state index contributed by atoms with van der Waals surface area (Å²) in [7, 11) is 0. The molecule has 0 N–H and O–H groups in total. The van der Waals surface area contributed by atoms with Crippen molar-refractivity contribution in [3.8, 4) is 0 Å². The Balaban J connectivity index is 1.86. The van der Waals surface area contributed by atoms with Gasteiger partial charge in [-0.2, -0.15) is 0 Å². The molecule has 2 fully saturated rings. The lowest BCUT2D eigenvalue weighted by atomic mass is 9.83. The van der Waals surface area contributed by atoms with Gasteiger partial charge >= 0.3 is 0 Å². The second-order valence-electron chi connectivity index (χ2n) is 5.59. The number of anilines is 1. The van der Waals surface area contributed by atoms with Crippen LogP contribution < -0.4 is 4.90 Å². The van der Waals surface area contributed by atoms with Gasteiger partial charge in [-0.25, -0.2) is 0 Å². The van der Waals surface area contributed by atoms with Gasteiger partial charge < -0.3 is 4.90 Å². The monoisotopic (exact) mass is 229 g/mol. The van der Waals surface area contributed by atoms with Gasteiger partial charge in [-0.1, -0.05) is 37.5 Å². The van der Waals surface area contributed by atoms with E-state index in [4.69, 9.17) is 0 Å². The summed E-state index contributed by atoms with van der Waals surface area (Å²) in [6.45, 7) is 2.54. The predicted octanol–water partition coefficient (Wildman–Crippen LogP) is 4.33. The van der Waals surface area contributed by atoms with Gasteiger partial charge in [0.05, 0.1) is 0 Å². The first-order valence-electron chi connectivity index (χ1n) is 7.29. The molecule has 1 nitrogen and oxygen atoms in total. The number of para-hydroxylation sites is 1. The van der Waals surface area contributed by atoms with Crippen LogP contribution in [0.15, 0.2) is 24.3 Å². The summed E-state index contributed by atoms with van der Waals surface area (Å²) in [6, 6.07) is 9.16. The van der Waals surface area contributed by atoms with Crippen molar-refractivity contribution in [1.82, 2.24) is 0 Å². The number of nitrogens with zero attached hydrogens (tertiary/aromatic N) is 1. The summed E-state index contributed by atoms with van der Waals surface area (Å²) in [4.78, 5) is 2.60. The van der Waals surface area contributed by atoms with E-state index in [1.54, 1.807) is 5.56 Å². The number of hydrogen-bond donors (Lipinski definition) is 0. The Hall–Kier alpha value is -0.980. The Labute approximate surface area is 105 Å². The normalized spacial score (nSPS) is 22.0. The van der Waals surface area contributed by atoms with Gasteiger partial charge in [-0.15, -0.1) is 0 Å². The lowest BCUT2D eigenvalue weighted by Gasteiger charge is -2.28. The fourth-order valence-electron chi connectivity index (χ4n) is 3.49. The first kappa shape index (κ1) is 11.1. The summed E-state index contributed by atoms with van der Waals surface area (Å²) < 4.78 is 0. The molecule has 1 heterocycles. The van der Waals surface area contributed by atoms with E-state index in [0.29, 0.717) is 0 Å². The quantitative estimate of drug-likeness (QED) is 0.729. The van der Waals surface area contributed by atoms with Gasteiger partial charge in [0.25, 0.3) is 0 Å². The average Bonchev–Trinajstić information content (AvgIpc) is 2.94. The third-order valence-corrected chi connectivity index (χ3v) is 4.43. The largest absolute Gasteiger partial charge is 0.371 e. The van der Waals surface area contributed by atoms with Crippen LogP contribution in [0.5, 0.6) is 0 Å². The first-order chi connectivity index (χ1) is 8.45. The van der Waals surface area contributed by atoms with Crippen molar-refractivity contribution >= 4 is 5.69 Å². The van der Waals surface area contributed by atoms with E-state index in [9.17, 15) is 0 Å². The van der Waals surface area contributed by atoms with E-state index in [0.717, 1.165) is 5.92 Å². The third kappa shape index (κ3) is 2.34. The molecule has 1 heteroatoms. The minimum atomic E-state index is 0.834. The fraction of sp³-hybridized carbons (Fsp3) is 0.625. The van der Waals surface area contributed by atoms with Crippen LogP contribution in [0.2, 0.25) is 0 Å². The van der Waals surface area contributed by atoms with E-state index >= 15 is 0 Å². The Morgan fingerprint density at radius 3 is 2.29 bits per heavy atom. The highest BCUT2D eigenvalue weighted by Crippen LogP contribution is 2.38. The summed E-state index contributed by atoms with van der Waals surface area (Å²) in [5.74, 6) is 0.834. The summed E-state index contributed by atoms with van der Waals surface area (Å²) in [6.07, 6.45) is 9.87. The molecule has 92 valence electrons. The highest BCUT2D eigenvalue weighted by atomic mass is 15.1. The van der Waals surface area contributed by atoms with Crippen molar-refractivity contribution in [3.05, 3.63) is 29.8 Å². The van der Waals surface area contributed by atoms with E-state index in [1.165, 1.54) is 63.7 Å². The topological polar surface area (TPSA) is 3.24 Å². The number of rotatable bonds is 2. The van der Waals surface area contributed by atoms with Crippen molar-refractivity contribution in [1.29, 1.82) is 0 Å². The molecular formula is C16H23N. The van der Waals surface area contributed by atoms with Gasteiger partial charge in [0.15, 0.2) is 0 Å². The minimum absolute atomic E-state index is 0.834. The maximum Gasteiger partial charge on any atom is 0.0401 e. The van der Waals surface area contributed by atoms with Crippen molar-refractivity contribution in [3.63, 3.8) is 0 Å². The standard InChI is InChI=1S/C16H23N/c1-2-8-14(9-3-1)15-10-4-5-11-16(15)17-12-6-7-13-17/h4-5,10-11,14H,1-3,6-9,12-13H2. The summed E-state index contributed by atoms with van der Waals surface area (Å²) >= 11 is 0. The molecule has 2 aliphatic rings. The van der Waals surface area contributed by atoms with Crippen molar-refractivity contribution in [2.24, 2.45) is 0 Å². The van der Waals surface area contributed by atoms with Gasteiger partial charge in [-0.3, -0.25) is 0 Å². The van der Waals surface area contributed by atoms with Crippen LogP contribution in [0.25, 0.3) is 0 Å². The molecule has 0 radical (unpaired) electrons. The molecule has 1 saturated heterocycles. The highest BCUT2D eigenvalue weighted by Gasteiger charge is 2.21. The lowest BCUT2D eigenvalue weighted by molar-refractivity contribution is 0.443. The Bertz CT molecular complexity index is 360. The summed E-state index contributed by atoms with van der Waals surface area (Å²) in [5, 5.41) is 0. The smallest absolute Gasteiger partial charge is 0.0401 e. The molecule has 3 rings (SSSR count). The molecular weight excluding hydrogens is 206 g/mol. The molecule has 0 aromatic heterocycles. The van der Waals surface area contributed by atoms with Gasteiger partial charge in [0.1, 0.15) is 0 Å². The molecule has 0 unspecified atom stereocenters. The Morgan fingerprint density at radius 1 is 0.824 bits per heavy atom. The molecule has 1 aliphatic heterocycles. The fourth-order valence-corrected chi connectivity index (χ4v) is 3.49. The van der Waals surface area contributed by atoms with Crippen LogP contribution in [0, 0.1) is 0 Å². The zero-order valence-corrected chi connectivity index (χ0v) is 10.7. The SMILES string of the molecule is c1ccc(N2CCCC2)c(C2CCCCC2)c1. The molecule has 0 spiro atoms. The van der Waals surface area contributed by atoms with E-state index < -0.39 is 0 Å². The van der Waals surface area contributed by atoms with Gasteiger partial charge in [0, 0.05) is 18.8 Å². The highest BCUT2D eigenvalue weighted by molar-refractivity contribution is 5.55. The minimum Gasteiger partial charge on any atom is -0.371 e. The first-order valence-corrected chi connectivity index (χ1v) is 7.29. The number of benzene rings is 1. The van der Waals surface area contributed by atoms with Crippen LogP contribution in [-0.2, 0) is 0 Å². The molecule has 0 atom stereocenters. The lowest BCUT2D eigenvalue weighted by Crippen LogP contribution is -2.20. The van der Waals surface area contributed by atoms with Crippen molar-refractivity contribution in [2.75, 3.05) is 18.0 Å². The molecule has 17 heavy (non-hydrogen) atoms. The van der Waals surface area contributed by atoms with E-state index in [2.05, 4.69) is 29.2 Å². The van der Waals surface area contributed by atoms with Gasteiger partial charge in [0.2, 0.25) is 0 Å². The average molecular weight is 229 g/mol. The molecule has 1 aromatic rings. The van der Waals surface area contributed by atoms with Crippen molar-refractivity contribution < 1.29 is 0 Å². The van der Waals surface area contributed by atoms with Crippen LogP contribution in [0.1, 0.15) is 56.4 Å².